The number of ether oxygens (including phenoxy) is 2. The largest absolute Gasteiger partial charge is 0.454 e. The minimum absolute atomic E-state index is 0.0430. The summed E-state index contributed by atoms with van der Waals surface area (Å²) in [5.41, 5.74) is 1.71. The molecule has 7 heteroatoms. The molecule has 0 N–H and O–H groups in total. The maximum absolute atomic E-state index is 12.8. The summed E-state index contributed by atoms with van der Waals surface area (Å²) >= 11 is 14.0. The van der Waals surface area contributed by atoms with Crippen LogP contribution in [0.1, 0.15) is 27.6 Å². The number of carbonyl (C=O) groups excluding carboxylic acids is 1. The Labute approximate surface area is 166 Å². The molecule has 1 fully saturated rings. The van der Waals surface area contributed by atoms with E-state index >= 15 is 0 Å². The highest BCUT2D eigenvalue weighted by Gasteiger charge is 2.25. The van der Waals surface area contributed by atoms with E-state index in [1.807, 2.05) is 28.8 Å². The Bertz CT molecular complexity index is 846. The van der Waals surface area contributed by atoms with Gasteiger partial charge in [0.15, 0.2) is 11.5 Å². The van der Waals surface area contributed by atoms with Crippen molar-refractivity contribution in [3.8, 4) is 11.5 Å². The third-order valence-electron chi connectivity index (χ3n) is 4.56. The Balaban J connectivity index is 1.47. The topological polar surface area (TPSA) is 38.8 Å². The van der Waals surface area contributed by atoms with Gasteiger partial charge in [-0.3, -0.25) is 4.79 Å². The van der Waals surface area contributed by atoms with Crippen LogP contribution in [0.3, 0.4) is 0 Å². The fourth-order valence-electron chi connectivity index (χ4n) is 3.19. The van der Waals surface area contributed by atoms with Crippen LogP contribution in [0, 0.1) is 0 Å². The Morgan fingerprint density at radius 1 is 1.08 bits per heavy atom. The SMILES string of the molecule is O=C(c1ccc(Cl)cc1Cl)N1CCSC(c2ccc3c(c2)OCO3)CC1. The first-order valence-corrected chi connectivity index (χ1v) is 10.2. The van der Waals surface area contributed by atoms with Gasteiger partial charge in [0.2, 0.25) is 6.79 Å². The molecule has 1 saturated heterocycles. The molecule has 0 bridgehead atoms. The molecular formula is C19H17Cl2NO3S. The number of rotatable bonds is 2. The molecule has 0 radical (unpaired) electrons. The van der Waals surface area contributed by atoms with Gasteiger partial charge < -0.3 is 14.4 Å². The van der Waals surface area contributed by atoms with E-state index in [0.29, 0.717) is 33.9 Å². The second kappa shape index (κ2) is 7.59. The fraction of sp³-hybridized carbons (Fsp3) is 0.316. The predicted octanol–water partition coefficient (Wildman–Crippen LogP) is 5.04. The normalized spacial score (nSPS) is 19.3. The summed E-state index contributed by atoms with van der Waals surface area (Å²) in [6, 6.07) is 11.1. The predicted molar refractivity (Wildman–Crippen MR) is 105 cm³/mol. The molecule has 4 nitrogen and oxygen atoms in total. The molecule has 2 aliphatic rings. The van der Waals surface area contributed by atoms with Crippen LogP contribution in [-0.2, 0) is 0 Å². The zero-order valence-corrected chi connectivity index (χ0v) is 16.2. The van der Waals surface area contributed by atoms with Crippen LogP contribution in [-0.4, -0.2) is 36.4 Å². The first-order chi connectivity index (χ1) is 12.6. The molecule has 2 aliphatic heterocycles. The van der Waals surface area contributed by atoms with Gasteiger partial charge in [-0.05, 0) is 42.3 Å². The molecule has 2 aromatic rings. The van der Waals surface area contributed by atoms with E-state index in [0.717, 1.165) is 23.7 Å². The first-order valence-electron chi connectivity index (χ1n) is 8.37. The van der Waals surface area contributed by atoms with Crippen molar-refractivity contribution in [3.05, 3.63) is 57.6 Å². The molecule has 1 unspecified atom stereocenters. The maximum Gasteiger partial charge on any atom is 0.255 e. The number of fused-ring (bicyclic) bond motifs is 1. The van der Waals surface area contributed by atoms with Gasteiger partial charge in [-0.25, -0.2) is 0 Å². The Hall–Kier alpha value is -1.56. The van der Waals surface area contributed by atoms with Gasteiger partial charge in [-0.1, -0.05) is 29.3 Å². The molecular weight excluding hydrogens is 393 g/mol. The second-order valence-electron chi connectivity index (χ2n) is 6.18. The molecule has 0 aromatic heterocycles. The third kappa shape index (κ3) is 3.61. The molecule has 1 atom stereocenters. The van der Waals surface area contributed by atoms with Crippen LogP contribution >= 0.6 is 35.0 Å². The quantitative estimate of drug-likeness (QED) is 0.695. The number of hydrogen-bond donors (Lipinski definition) is 0. The van der Waals surface area contributed by atoms with Crippen LogP contribution in [0.2, 0.25) is 10.0 Å². The fourth-order valence-corrected chi connectivity index (χ4v) is 4.90. The van der Waals surface area contributed by atoms with Crippen LogP contribution < -0.4 is 9.47 Å². The van der Waals surface area contributed by atoms with Gasteiger partial charge >= 0.3 is 0 Å². The summed E-state index contributed by atoms with van der Waals surface area (Å²) in [6.07, 6.45) is 0.876. The highest BCUT2D eigenvalue weighted by Crippen LogP contribution is 2.40. The molecule has 0 aliphatic carbocycles. The lowest BCUT2D eigenvalue weighted by molar-refractivity contribution is 0.0766. The van der Waals surface area contributed by atoms with Crippen molar-refractivity contribution >= 4 is 40.9 Å². The van der Waals surface area contributed by atoms with Crippen molar-refractivity contribution < 1.29 is 14.3 Å². The summed E-state index contributed by atoms with van der Waals surface area (Å²) in [7, 11) is 0. The van der Waals surface area contributed by atoms with Crippen molar-refractivity contribution in [2.24, 2.45) is 0 Å². The summed E-state index contributed by atoms with van der Waals surface area (Å²) in [5, 5.41) is 1.25. The Morgan fingerprint density at radius 2 is 1.92 bits per heavy atom. The van der Waals surface area contributed by atoms with Crippen LogP contribution in [0.25, 0.3) is 0 Å². The van der Waals surface area contributed by atoms with Gasteiger partial charge in [0.1, 0.15) is 0 Å². The first kappa shape index (κ1) is 17.8. The average Bonchev–Trinajstić information content (AvgIpc) is 2.96. The monoisotopic (exact) mass is 409 g/mol. The highest BCUT2D eigenvalue weighted by molar-refractivity contribution is 7.99. The van der Waals surface area contributed by atoms with Crippen LogP contribution in [0.15, 0.2) is 36.4 Å². The summed E-state index contributed by atoms with van der Waals surface area (Å²) in [4.78, 5) is 14.7. The number of thioether (sulfide) groups is 1. The van der Waals surface area contributed by atoms with E-state index in [1.165, 1.54) is 5.56 Å². The number of carbonyl (C=O) groups is 1. The van der Waals surface area contributed by atoms with E-state index in [4.69, 9.17) is 32.7 Å². The van der Waals surface area contributed by atoms with E-state index in [1.54, 1.807) is 18.2 Å². The lowest BCUT2D eigenvalue weighted by Crippen LogP contribution is -2.33. The summed E-state index contributed by atoms with van der Waals surface area (Å²) < 4.78 is 10.9. The van der Waals surface area contributed by atoms with Crippen LogP contribution in [0.5, 0.6) is 11.5 Å². The van der Waals surface area contributed by atoms with Crippen molar-refractivity contribution in [1.82, 2.24) is 4.90 Å². The lowest BCUT2D eigenvalue weighted by atomic mass is 10.1. The zero-order valence-electron chi connectivity index (χ0n) is 13.9. The standard InChI is InChI=1S/C19H17Cl2NO3S/c20-13-2-3-14(15(21)10-13)19(23)22-6-5-18(26-8-7-22)12-1-4-16-17(9-12)25-11-24-16/h1-4,9-10,18H,5-8,11H2. The Morgan fingerprint density at radius 3 is 2.77 bits per heavy atom. The second-order valence-corrected chi connectivity index (χ2v) is 8.33. The lowest BCUT2D eigenvalue weighted by Gasteiger charge is -2.21. The van der Waals surface area contributed by atoms with Gasteiger partial charge in [0.25, 0.3) is 5.91 Å². The summed E-state index contributed by atoms with van der Waals surface area (Å²) in [6.45, 7) is 1.66. The van der Waals surface area contributed by atoms with Crippen LogP contribution in [0.4, 0.5) is 0 Å². The molecule has 4 rings (SSSR count). The van der Waals surface area contributed by atoms with Crippen molar-refractivity contribution in [3.63, 3.8) is 0 Å². The Kier molecular flexibility index (Phi) is 5.20. The van der Waals surface area contributed by atoms with Crippen molar-refractivity contribution in [2.45, 2.75) is 11.7 Å². The molecule has 1 amide bonds. The van der Waals surface area contributed by atoms with E-state index < -0.39 is 0 Å². The zero-order chi connectivity index (χ0) is 18.1. The van der Waals surface area contributed by atoms with Gasteiger partial charge in [0, 0.05) is 29.1 Å². The number of halogens is 2. The number of benzene rings is 2. The number of nitrogens with zero attached hydrogens (tertiary/aromatic N) is 1. The smallest absolute Gasteiger partial charge is 0.255 e. The molecule has 2 aromatic carbocycles. The molecule has 26 heavy (non-hydrogen) atoms. The van der Waals surface area contributed by atoms with Gasteiger partial charge in [-0.15, -0.1) is 0 Å². The minimum atomic E-state index is -0.0430. The van der Waals surface area contributed by atoms with E-state index in [-0.39, 0.29) is 12.7 Å². The minimum Gasteiger partial charge on any atom is -0.454 e. The summed E-state index contributed by atoms with van der Waals surface area (Å²) in [5.74, 6) is 2.42. The number of amides is 1. The molecule has 0 spiro atoms. The molecule has 136 valence electrons. The van der Waals surface area contributed by atoms with Gasteiger partial charge in [0.05, 0.1) is 10.6 Å². The average molecular weight is 410 g/mol. The molecule has 0 saturated carbocycles. The van der Waals surface area contributed by atoms with Gasteiger partial charge in [-0.2, -0.15) is 11.8 Å². The van der Waals surface area contributed by atoms with E-state index in [2.05, 4.69) is 6.07 Å². The van der Waals surface area contributed by atoms with E-state index in [9.17, 15) is 4.79 Å². The highest BCUT2D eigenvalue weighted by atomic mass is 35.5. The molecule has 2 heterocycles. The number of hydrogen-bond acceptors (Lipinski definition) is 4. The maximum atomic E-state index is 12.8. The third-order valence-corrected chi connectivity index (χ3v) is 6.43. The van der Waals surface area contributed by atoms with Crippen molar-refractivity contribution in [2.75, 3.05) is 25.6 Å². The van der Waals surface area contributed by atoms with Crippen molar-refractivity contribution in [1.29, 1.82) is 0 Å².